The van der Waals surface area contributed by atoms with Crippen molar-refractivity contribution in [2.75, 3.05) is 25.1 Å². The summed E-state index contributed by atoms with van der Waals surface area (Å²) in [6, 6.07) is 9.54. The predicted molar refractivity (Wildman–Crippen MR) is 79.3 cm³/mol. The van der Waals surface area contributed by atoms with Gasteiger partial charge in [0, 0.05) is 19.8 Å². The number of tetrazole rings is 1. The quantitative estimate of drug-likeness (QED) is 0.825. The van der Waals surface area contributed by atoms with Crippen molar-refractivity contribution in [3.8, 4) is 5.69 Å². The third-order valence-corrected chi connectivity index (χ3v) is 4.03. The van der Waals surface area contributed by atoms with E-state index in [0.29, 0.717) is 38.5 Å². The van der Waals surface area contributed by atoms with Gasteiger partial charge in [0.2, 0.25) is 11.9 Å². The predicted octanol–water partition coefficient (Wildman–Crippen LogP) is 0.356. The topological polar surface area (TPSA) is 108 Å². The molecule has 2 heterocycles. The maximum absolute atomic E-state index is 11.9. The average molecular weight is 302 g/mol. The van der Waals surface area contributed by atoms with Crippen LogP contribution < -0.4 is 11.1 Å². The summed E-state index contributed by atoms with van der Waals surface area (Å²) in [5.74, 6) is 0.167. The van der Waals surface area contributed by atoms with Crippen molar-refractivity contribution in [3.05, 3.63) is 30.3 Å². The average Bonchev–Trinajstić information content (AvgIpc) is 3.03. The second kappa shape index (κ2) is 6.10. The van der Waals surface area contributed by atoms with Gasteiger partial charge in [-0.15, -0.1) is 0 Å². The first kappa shape index (κ1) is 14.5. The van der Waals surface area contributed by atoms with Crippen molar-refractivity contribution < 1.29 is 9.53 Å². The van der Waals surface area contributed by atoms with Crippen LogP contribution in [0.4, 0.5) is 5.95 Å². The van der Waals surface area contributed by atoms with Gasteiger partial charge in [0.1, 0.15) is 0 Å². The smallest absolute Gasteiger partial charge is 0.247 e. The Balaban J connectivity index is 1.77. The molecule has 8 heteroatoms. The maximum atomic E-state index is 11.9. The maximum Gasteiger partial charge on any atom is 0.247 e. The molecule has 0 saturated carbocycles. The summed E-state index contributed by atoms with van der Waals surface area (Å²) in [6.45, 7) is 1.46. The second-order valence-electron chi connectivity index (χ2n) is 5.36. The van der Waals surface area contributed by atoms with Crippen LogP contribution in [0.2, 0.25) is 0 Å². The highest BCUT2D eigenvalue weighted by molar-refractivity contribution is 5.81. The van der Waals surface area contributed by atoms with E-state index >= 15 is 0 Å². The van der Waals surface area contributed by atoms with E-state index < -0.39 is 5.41 Å². The first-order chi connectivity index (χ1) is 10.7. The van der Waals surface area contributed by atoms with Crippen molar-refractivity contribution in [1.29, 1.82) is 0 Å². The molecule has 1 fully saturated rings. The molecular weight excluding hydrogens is 284 g/mol. The summed E-state index contributed by atoms with van der Waals surface area (Å²) >= 11 is 0. The number of benzene rings is 1. The Labute approximate surface area is 127 Å². The molecule has 0 spiro atoms. The van der Waals surface area contributed by atoms with E-state index in [9.17, 15) is 4.79 Å². The van der Waals surface area contributed by atoms with Crippen molar-refractivity contribution in [2.45, 2.75) is 12.8 Å². The van der Waals surface area contributed by atoms with Gasteiger partial charge in [0.05, 0.1) is 11.1 Å². The molecular formula is C14H18N6O2. The minimum Gasteiger partial charge on any atom is -0.381 e. The van der Waals surface area contributed by atoms with Gasteiger partial charge in [-0.05, 0) is 35.4 Å². The number of para-hydroxylation sites is 1. The fourth-order valence-corrected chi connectivity index (χ4v) is 2.56. The van der Waals surface area contributed by atoms with Crippen molar-refractivity contribution in [1.82, 2.24) is 20.2 Å². The summed E-state index contributed by atoms with van der Waals surface area (Å²) in [7, 11) is 0. The summed E-state index contributed by atoms with van der Waals surface area (Å²) < 4.78 is 6.92. The SMILES string of the molecule is NC(=O)C1(CNc2nnnn2-c2ccccc2)CCOCC1. The van der Waals surface area contributed by atoms with Crippen molar-refractivity contribution in [2.24, 2.45) is 11.1 Å². The molecule has 1 amide bonds. The van der Waals surface area contributed by atoms with Gasteiger partial charge in [0.25, 0.3) is 0 Å². The molecule has 0 aliphatic carbocycles. The highest BCUT2D eigenvalue weighted by Crippen LogP contribution is 2.30. The van der Waals surface area contributed by atoms with Crippen molar-refractivity contribution in [3.63, 3.8) is 0 Å². The van der Waals surface area contributed by atoms with E-state index in [2.05, 4.69) is 20.8 Å². The zero-order chi connectivity index (χ0) is 15.4. The van der Waals surface area contributed by atoms with E-state index in [-0.39, 0.29) is 5.91 Å². The molecule has 1 aliphatic rings. The third-order valence-electron chi connectivity index (χ3n) is 4.03. The number of carbonyl (C=O) groups excluding carboxylic acids is 1. The fraction of sp³-hybridized carbons (Fsp3) is 0.429. The number of aromatic nitrogens is 4. The number of primary amides is 1. The van der Waals surface area contributed by atoms with Gasteiger partial charge in [-0.25, -0.2) is 0 Å². The van der Waals surface area contributed by atoms with Crippen LogP contribution in [0.25, 0.3) is 5.69 Å². The summed E-state index contributed by atoms with van der Waals surface area (Å²) in [6.07, 6.45) is 1.20. The van der Waals surface area contributed by atoms with E-state index in [0.717, 1.165) is 5.69 Å². The monoisotopic (exact) mass is 302 g/mol. The first-order valence-corrected chi connectivity index (χ1v) is 7.17. The van der Waals surface area contributed by atoms with Crippen molar-refractivity contribution >= 4 is 11.9 Å². The zero-order valence-corrected chi connectivity index (χ0v) is 12.1. The molecule has 1 aliphatic heterocycles. The molecule has 116 valence electrons. The van der Waals surface area contributed by atoms with Crippen LogP contribution in [0.5, 0.6) is 0 Å². The zero-order valence-electron chi connectivity index (χ0n) is 12.1. The lowest BCUT2D eigenvalue weighted by molar-refractivity contribution is -0.132. The van der Waals surface area contributed by atoms with Gasteiger partial charge < -0.3 is 15.8 Å². The molecule has 8 nitrogen and oxygen atoms in total. The van der Waals surface area contributed by atoms with Gasteiger partial charge in [0.15, 0.2) is 0 Å². The number of hydrogen-bond acceptors (Lipinski definition) is 6. The second-order valence-corrected chi connectivity index (χ2v) is 5.36. The number of hydrogen-bond donors (Lipinski definition) is 2. The minimum absolute atomic E-state index is 0.318. The van der Waals surface area contributed by atoms with Gasteiger partial charge in [-0.2, -0.15) is 4.68 Å². The minimum atomic E-state index is -0.619. The first-order valence-electron chi connectivity index (χ1n) is 7.17. The lowest BCUT2D eigenvalue weighted by Gasteiger charge is -2.34. The Morgan fingerprint density at radius 1 is 1.32 bits per heavy atom. The number of amides is 1. The number of ether oxygens (including phenoxy) is 1. The Bertz CT molecular complexity index is 636. The van der Waals surface area contributed by atoms with Gasteiger partial charge >= 0.3 is 0 Å². The Morgan fingerprint density at radius 2 is 2.05 bits per heavy atom. The van der Waals surface area contributed by atoms with Gasteiger partial charge in [-0.3, -0.25) is 4.79 Å². The third kappa shape index (κ3) is 2.77. The van der Waals surface area contributed by atoms with Crippen LogP contribution >= 0.6 is 0 Å². The highest BCUT2D eigenvalue weighted by atomic mass is 16.5. The number of carbonyl (C=O) groups is 1. The van der Waals surface area contributed by atoms with E-state index in [1.807, 2.05) is 30.3 Å². The lowest BCUT2D eigenvalue weighted by Crippen LogP contribution is -2.46. The molecule has 0 unspecified atom stereocenters. The normalized spacial score (nSPS) is 17.1. The fourth-order valence-electron chi connectivity index (χ4n) is 2.56. The molecule has 1 aromatic heterocycles. The molecule has 0 atom stereocenters. The molecule has 0 bridgehead atoms. The summed E-state index contributed by atoms with van der Waals surface area (Å²) in [4.78, 5) is 11.9. The van der Waals surface area contributed by atoms with Crippen LogP contribution in [-0.2, 0) is 9.53 Å². The number of nitrogens with zero attached hydrogens (tertiary/aromatic N) is 4. The number of rotatable bonds is 5. The standard InChI is InChI=1S/C14H18N6O2/c15-12(21)14(6-8-22-9-7-14)10-16-13-17-18-19-20(13)11-4-2-1-3-5-11/h1-5H,6-10H2,(H2,15,21)(H,16,17,19). The molecule has 22 heavy (non-hydrogen) atoms. The Morgan fingerprint density at radius 3 is 2.73 bits per heavy atom. The van der Waals surface area contributed by atoms with E-state index in [1.165, 1.54) is 0 Å². The van der Waals surface area contributed by atoms with Crippen LogP contribution in [0, 0.1) is 5.41 Å². The molecule has 3 rings (SSSR count). The van der Waals surface area contributed by atoms with E-state index in [1.54, 1.807) is 4.68 Å². The van der Waals surface area contributed by atoms with E-state index in [4.69, 9.17) is 10.5 Å². The molecule has 0 radical (unpaired) electrons. The summed E-state index contributed by atoms with van der Waals surface area (Å²) in [5, 5.41) is 14.8. The van der Waals surface area contributed by atoms with Gasteiger partial charge in [-0.1, -0.05) is 23.3 Å². The molecule has 2 aromatic rings. The van der Waals surface area contributed by atoms with Crippen LogP contribution in [-0.4, -0.2) is 45.9 Å². The molecule has 1 aromatic carbocycles. The molecule has 3 N–H and O–H groups in total. The number of nitrogens with one attached hydrogen (secondary N) is 1. The van der Waals surface area contributed by atoms with Crippen LogP contribution in [0.15, 0.2) is 30.3 Å². The number of anilines is 1. The molecule has 1 saturated heterocycles. The summed E-state index contributed by atoms with van der Waals surface area (Å²) in [5.41, 5.74) is 5.82. The highest BCUT2D eigenvalue weighted by Gasteiger charge is 2.38. The Hall–Kier alpha value is -2.48. The van der Waals surface area contributed by atoms with Crippen LogP contribution in [0.3, 0.4) is 0 Å². The Kier molecular flexibility index (Phi) is 4.01. The lowest BCUT2D eigenvalue weighted by atomic mass is 9.79. The largest absolute Gasteiger partial charge is 0.381 e. The van der Waals surface area contributed by atoms with Crippen LogP contribution in [0.1, 0.15) is 12.8 Å². The number of nitrogens with two attached hydrogens (primary N) is 1.